The second-order valence-corrected chi connectivity index (χ2v) is 6.27. The summed E-state index contributed by atoms with van der Waals surface area (Å²) in [5, 5.41) is 0. The lowest BCUT2D eigenvalue weighted by atomic mass is 10.00. The Morgan fingerprint density at radius 1 is 1.36 bits per heavy atom. The van der Waals surface area contributed by atoms with E-state index < -0.39 is 6.04 Å². The molecule has 2 rings (SSSR count). The summed E-state index contributed by atoms with van der Waals surface area (Å²) in [4.78, 5) is 16.6. The number of carbonyl (C=O) groups excluding carboxylic acids is 1. The number of amides is 1. The van der Waals surface area contributed by atoms with Gasteiger partial charge in [0.1, 0.15) is 0 Å². The SMILES string of the molecule is CCN(C[C@@H]1CCCCN1Cc1ccccc1)C(=O)C(C)N. The van der Waals surface area contributed by atoms with Crippen LogP contribution in [-0.4, -0.2) is 47.4 Å². The lowest BCUT2D eigenvalue weighted by Gasteiger charge is -2.39. The van der Waals surface area contributed by atoms with Crippen molar-refractivity contribution in [3.63, 3.8) is 0 Å². The third kappa shape index (κ3) is 4.55. The minimum Gasteiger partial charge on any atom is -0.340 e. The van der Waals surface area contributed by atoms with Crippen LogP contribution >= 0.6 is 0 Å². The van der Waals surface area contributed by atoms with Crippen LogP contribution in [0.25, 0.3) is 0 Å². The van der Waals surface area contributed by atoms with Crippen LogP contribution in [0.4, 0.5) is 0 Å². The van der Waals surface area contributed by atoms with E-state index in [-0.39, 0.29) is 5.91 Å². The first-order chi connectivity index (χ1) is 10.6. The molecule has 2 N–H and O–H groups in total. The van der Waals surface area contributed by atoms with Crippen molar-refractivity contribution in [1.29, 1.82) is 0 Å². The van der Waals surface area contributed by atoms with Gasteiger partial charge < -0.3 is 10.6 Å². The number of likely N-dealkylation sites (tertiary alicyclic amines) is 1. The molecule has 122 valence electrons. The topological polar surface area (TPSA) is 49.6 Å². The average molecular weight is 303 g/mol. The summed E-state index contributed by atoms with van der Waals surface area (Å²) in [7, 11) is 0. The Kier molecular flexibility index (Phi) is 6.40. The van der Waals surface area contributed by atoms with Crippen LogP contribution in [0.2, 0.25) is 0 Å². The van der Waals surface area contributed by atoms with Crippen LogP contribution in [0, 0.1) is 0 Å². The van der Waals surface area contributed by atoms with Crippen LogP contribution in [0.1, 0.15) is 38.7 Å². The predicted octanol–water partition coefficient (Wildman–Crippen LogP) is 2.24. The monoisotopic (exact) mass is 303 g/mol. The first-order valence-corrected chi connectivity index (χ1v) is 8.44. The van der Waals surface area contributed by atoms with Gasteiger partial charge in [-0.2, -0.15) is 0 Å². The van der Waals surface area contributed by atoms with E-state index in [9.17, 15) is 4.79 Å². The molecule has 1 heterocycles. The number of rotatable bonds is 6. The molecule has 1 saturated heterocycles. The molecule has 1 unspecified atom stereocenters. The second-order valence-electron chi connectivity index (χ2n) is 6.27. The first kappa shape index (κ1) is 17.0. The van der Waals surface area contributed by atoms with E-state index >= 15 is 0 Å². The molecule has 1 fully saturated rings. The molecule has 1 aliphatic rings. The molecule has 0 aliphatic carbocycles. The van der Waals surface area contributed by atoms with Crippen LogP contribution in [-0.2, 0) is 11.3 Å². The van der Waals surface area contributed by atoms with Crippen LogP contribution in [0.3, 0.4) is 0 Å². The highest BCUT2D eigenvalue weighted by atomic mass is 16.2. The molecule has 0 spiro atoms. The summed E-state index contributed by atoms with van der Waals surface area (Å²) in [6.45, 7) is 7.41. The Hall–Kier alpha value is -1.39. The van der Waals surface area contributed by atoms with E-state index in [1.54, 1.807) is 6.92 Å². The van der Waals surface area contributed by atoms with Crippen molar-refractivity contribution in [1.82, 2.24) is 9.80 Å². The maximum atomic E-state index is 12.2. The van der Waals surface area contributed by atoms with Crippen molar-refractivity contribution < 1.29 is 4.79 Å². The summed E-state index contributed by atoms with van der Waals surface area (Å²) in [6.07, 6.45) is 3.66. The van der Waals surface area contributed by atoms with Crippen molar-refractivity contribution in [2.45, 2.75) is 51.7 Å². The fraction of sp³-hybridized carbons (Fsp3) is 0.611. The Labute approximate surface area is 134 Å². The molecule has 1 aliphatic heterocycles. The number of benzene rings is 1. The zero-order valence-electron chi connectivity index (χ0n) is 13.9. The standard InChI is InChI=1S/C18H29N3O/c1-3-20(18(22)15(2)19)14-17-11-7-8-12-21(17)13-16-9-5-4-6-10-16/h4-6,9-10,15,17H,3,7-8,11-14,19H2,1-2H3/t15?,17-/m0/s1. The molecular weight excluding hydrogens is 274 g/mol. The fourth-order valence-electron chi connectivity index (χ4n) is 3.21. The van der Waals surface area contributed by atoms with Gasteiger partial charge in [-0.3, -0.25) is 9.69 Å². The molecule has 4 nitrogen and oxygen atoms in total. The number of nitrogens with two attached hydrogens (primary N) is 1. The van der Waals surface area contributed by atoms with Crippen LogP contribution in [0.15, 0.2) is 30.3 Å². The number of piperidine rings is 1. The van der Waals surface area contributed by atoms with Gasteiger partial charge in [0, 0.05) is 25.7 Å². The number of carbonyl (C=O) groups is 1. The highest BCUT2D eigenvalue weighted by molar-refractivity contribution is 5.81. The van der Waals surface area contributed by atoms with Gasteiger partial charge in [0.25, 0.3) is 0 Å². The zero-order valence-corrected chi connectivity index (χ0v) is 13.9. The normalized spacial score (nSPS) is 20.6. The molecule has 0 bridgehead atoms. The van der Waals surface area contributed by atoms with Crippen LogP contribution in [0.5, 0.6) is 0 Å². The van der Waals surface area contributed by atoms with Gasteiger partial charge in [-0.15, -0.1) is 0 Å². The Morgan fingerprint density at radius 2 is 2.09 bits per heavy atom. The van der Waals surface area contributed by atoms with E-state index in [0.717, 1.165) is 32.6 Å². The van der Waals surface area contributed by atoms with Crippen molar-refractivity contribution in [3.8, 4) is 0 Å². The molecule has 22 heavy (non-hydrogen) atoms. The lowest BCUT2D eigenvalue weighted by Crippen LogP contribution is -2.50. The van der Waals surface area contributed by atoms with Gasteiger partial charge in [0.2, 0.25) is 5.91 Å². The molecule has 1 aromatic carbocycles. The highest BCUT2D eigenvalue weighted by Crippen LogP contribution is 2.20. The summed E-state index contributed by atoms with van der Waals surface area (Å²) in [5.74, 6) is 0.0627. The Balaban J connectivity index is 2.01. The molecule has 4 heteroatoms. The van der Waals surface area contributed by atoms with Gasteiger partial charge in [0.05, 0.1) is 6.04 Å². The molecule has 2 atom stereocenters. The van der Waals surface area contributed by atoms with Gasteiger partial charge in [0.15, 0.2) is 0 Å². The van der Waals surface area contributed by atoms with Crippen LogP contribution < -0.4 is 5.73 Å². The summed E-state index contributed by atoms with van der Waals surface area (Å²) >= 11 is 0. The molecule has 0 radical (unpaired) electrons. The second kappa shape index (κ2) is 8.30. The number of likely N-dealkylation sites (N-methyl/N-ethyl adjacent to an activating group) is 1. The summed E-state index contributed by atoms with van der Waals surface area (Å²) in [6, 6.07) is 10.6. The van der Waals surface area contributed by atoms with E-state index in [1.807, 2.05) is 11.8 Å². The molecule has 1 aromatic rings. The number of nitrogens with zero attached hydrogens (tertiary/aromatic N) is 2. The van der Waals surface area contributed by atoms with E-state index in [4.69, 9.17) is 5.73 Å². The predicted molar refractivity (Wildman–Crippen MR) is 90.4 cm³/mol. The largest absolute Gasteiger partial charge is 0.340 e. The minimum atomic E-state index is -0.411. The number of hydrogen-bond acceptors (Lipinski definition) is 3. The van der Waals surface area contributed by atoms with E-state index in [0.29, 0.717) is 6.04 Å². The highest BCUT2D eigenvalue weighted by Gasteiger charge is 2.26. The number of hydrogen-bond donors (Lipinski definition) is 1. The smallest absolute Gasteiger partial charge is 0.239 e. The van der Waals surface area contributed by atoms with Gasteiger partial charge in [-0.05, 0) is 38.8 Å². The minimum absolute atomic E-state index is 0.0627. The van der Waals surface area contributed by atoms with Crippen molar-refractivity contribution in [3.05, 3.63) is 35.9 Å². The fourth-order valence-corrected chi connectivity index (χ4v) is 3.21. The first-order valence-electron chi connectivity index (χ1n) is 8.44. The van der Waals surface area contributed by atoms with E-state index in [1.165, 1.54) is 18.4 Å². The van der Waals surface area contributed by atoms with Gasteiger partial charge >= 0.3 is 0 Å². The lowest BCUT2D eigenvalue weighted by molar-refractivity contribution is -0.133. The molecule has 1 amide bonds. The third-order valence-electron chi connectivity index (χ3n) is 4.49. The Bertz CT molecular complexity index is 461. The Morgan fingerprint density at radius 3 is 2.73 bits per heavy atom. The summed E-state index contributed by atoms with van der Waals surface area (Å²) < 4.78 is 0. The van der Waals surface area contributed by atoms with Gasteiger partial charge in [-0.1, -0.05) is 36.8 Å². The average Bonchev–Trinajstić information content (AvgIpc) is 2.54. The van der Waals surface area contributed by atoms with E-state index in [2.05, 4.69) is 35.2 Å². The molecule has 0 aromatic heterocycles. The summed E-state index contributed by atoms with van der Waals surface area (Å²) in [5.41, 5.74) is 7.11. The molecular formula is C18H29N3O. The van der Waals surface area contributed by atoms with Gasteiger partial charge in [-0.25, -0.2) is 0 Å². The zero-order chi connectivity index (χ0) is 15.9. The van der Waals surface area contributed by atoms with Crippen molar-refractivity contribution in [2.24, 2.45) is 5.73 Å². The quantitative estimate of drug-likeness (QED) is 0.877. The maximum Gasteiger partial charge on any atom is 0.239 e. The van der Waals surface area contributed by atoms with Crippen molar-refractivity contribution in [2.75, 3.05) is 19.6 Å². The third-order valence-corrected chi connectivity index (χ3v) is 4.49. The van der Waals surface area contributed by atoms with Crippen molar-refractivity contribution >= 4 is 5.91 Å². The molecule has 0 saturated carbocycles. The maximum absolute atomic E-state index is 12.2.